The zero-order valence-corrected chi connectivity index (χ0v) is 15.1. The molecule has 1 aliphatic heterocycles. The highest BCUT2D eigenvalue weighted by Gasteiger charge is 2.43. The van der Waals surface area contributed by atoms with E-state index in [1.165, 1.54) is 0 Å². The van der Waals surface area contributed by atoms with Gasteiger partial charge in [0.2, 0.25) is 0 Å². The van der Waals surface area contributed by atoms with Gasteiger partial charge in [-0.3, -0.25) is 0 Å². The topological polar surface area (TPSA) is 70.6 Å². The minimum atomic E-state index is -1.89. The van der Waals surface area contributed by atoms with Crippen molar-refractivity contribution >= 4 is 26.8 Å². The molecule has 0 radical (unpaired) electrons. The van der Waals surface area contributed by atoms with E-state index in [4.69, 9.17) is 9.53 Å². The first kappa shape index (κ1) is 19.7. The largest absolute Gasteiger partial charge is 0.465 e. The van der Waals surface area contributed by atoms with Crippen LogP contribution in [0.4, 0.5) is 4.79 Å². The number of nitrogens with one attached hydrogen (secondary N) is 2. The van der Waals surface area contributed by atoms with Crippen LogP contribution in [0, 0.1) is 5.92 Å². The van der Waals surface area contributed by atoms with Crippen LogP contribution in [0.3, 0.4) is 0 Å². The monoisotopic (exact) mass is 324 g/mol. The molecule has 3 N–H and O–H groups in total. The zero-order chi connectivity index (χ0) is 14.8. The Morgan fingerprint density at radius 2 is 1.90 bits per heavy atom. The lowest BCUT2D eigenvalue weighted by Crippen LogP contribution is -2.61. The molecule has 0 unspecified atom stereocenters. The molecule has 3 atom stereocenters. The van der Waals surface area contributed by atoms with Gasteiger partial charge in [0.25, 0.3) is 0 Å². The lowest BCUT2D eigenvalue weighted by molar-refractivity contribution is 0.0635. The second kappa shape index (κ2) is 7.11. The van der Waals surface area contributed by atoms with Crippen molar-refractivity contribution in [3.63, 3.8) is 0 Å². The van der Waals surface area contributed by atoms with E-state index in [0.29, 0.717) is 12.5 Å². The van der Waals surface area contributed by atoms with Crippen molar-refractivity contribution in [3.05, 3.63) is 0 Å². The molecule has 1 amide bonds. The van der Waals surface area contributed by atoms with E-state index < -0.39 is 14.4 Å². The third-order valence-corrected chi connectivity index (χ3v) is 8.81. The van der Waals surface area contributed by atoms with Crippen LogP contribution in [0.1, 0.15) is 27.7 Å². The summed E-state index contributed by atoms with van der Waals surface area (Å²) in [5.41, 5.74) is 0. The van der Waals surface area contributed by atoms with Gasteiger partial charge in [-0.05, 0) is 24.1 Å². The van der Waals surface area contributed by atoms with Gasteiger partial charge in [0.15, 0.2) is 8.32 Å². The normalized spacial score (nSPS) is 27.6. The third-order valence-electron chi connectivity index (χ3n) is 4.33. The fourth-order valence-electron chi connectivity index (χ4n) is 2.10. The third kappa shape index (κ3) is 4.91. The minimum Gasteiger partial charge on any atom is -0.465 e. The second-order valence-electron chi connectivity index (χ2n) is 7.03. The number of piperidine rings is 1. The predicted molar refractivity (Wildman–Crippen MR) is 86.3 cm³/mol. The van der Waals surface area contributed by atoms with Gasteiger partial charge in [-0.15, -0.1) is 12.4 Å². The van der Waals surface area contributed by atoms with Gasteiger partial charge in [0, 0.05) is 13.1 Å². The molecule has 5 nitrogen and oxygen atoms in total. The van der Waals surface area contributed by atoms with Gasteiger partial charge in [0.1, 0.15) is 0 Å². The molecule has 0 aliphatic carbocycles. The standard InChI is InChI=1S/C13H28N2O3Si.ClH/c1-9-7-14-8-10(15-12(16)17)11(9)18-19(5,6)13(2,3)4;/h9-11,14-15H,7-8H2,1-6H3,(H,16,17);1H/t9-,10+,11+;/m0./s1. The number of hydrogen-bond donors (Lipinski definition) is 3. The Morgan fingerprint density at radius 3 is 2.35 bits per heavy atom. The van der Waals surface area contributed by atoms with E-state index in [-0.39, 0.29) is 29.6 Å². The van der Waals surface area contributed by atoms with E-state index in [0.717, 1.165) is 6.54 Å². The first-order valence-corrected chi connectivity index (χ1v) is 9.83. The molecule has 0 aromatic heterocycles. The number of hydrogen-bond acceptors (Lipinski definition) is 3. The molecule has 1 heterocycles. The van der Waals surface area contributed by atoms with Crippen molar-refractivity contribution in [1.82, 2.24) is 10.6 Å². The Morgan fingerprint density at radius 1 is 1.35 bits per heavy atom. The quantitative estimate of drug-likeness (QED) is 0.698. The zero-order valence-electron chi connectivity index (χ0n) is 13.3. The average Bonchev–Trinajstić information content (AvgIpc) is 2.20. The molecule has 0 saturated carbocycles. The molecule has 1 aliphatic rings. The highest BCUT2D eigenvalue weighted by molar-refractivity contribution is 6.74. The van der Waals surface area contributed by atoms with Crippen LogP contribution in [-0.2, 0) is 4.43 Å². The van der Waals surface area contributed by atoms with Crippen molar-refractivity contribution < 1.29 is 14.3 Å². The molecule has 1 fully saturated rings. The highest BCUT2D eigenvalue weighted by Crippen LogP contribution is 2.38. The lowest BCUT2D eigenvalue weighted by atomic mass is 9.94. The van der Waals surface area contributed by atoms with E-state index in [9.17, 15) is 4.79 Å². The molecule has 0 aromatic carbocycles. The molecule has 20 heavy (non-hydrogen) atoms. The average molecular weight is 325 g/mol. The Kier molecular flexibility index (Phi) is 7.00. The molecule has 7 heteroatoms. The van der Waals surface area contributed by atoms with Gasteiger partial charge in [-0.1, -0.05) is 27.7 Å². The summed E-state index contributed by atoms with van der Waals surface area (Å²) in [6.45, 7) is 14.6. The summed E-state index contributed by atoms with van der Waals surface area (Å²) in [6.07, 6.45) is -1.03. The molecule has 1 saturated heterocycles. The van der Waals surface area contributed by atoms with Gasteiger partial charge in [-0.2, -0.15) is 0 Å². The molecule has 0 spiro atoms. The number of halogens is 1. The van der Waals surface area contributed by atoms with E-state index in [2.05, 4.69) is 51.4 Å². The van der Waals surface area contributed by atoms with Gasteiger partial charge < -0.3 is 20.2 Å². The van der Waals surface area contributed by atoms with Gasteiger partial charge in [0.05, 0.1) is 12.1 Å². The Labute approximate surface area is 129 Å². The lowest BCUT2D eigenvalue weighted by Gasteiger charge is -2.45. The molecule has 0 aromatic rings. The van der Waals surface area contributed by atoms with Crippen LogP contribution in [-0.4, -0.2) is 44.8 Å². The summed E-state index contributed by atoms with van der Waals surface area (Å²) in [5.74, 6) is 0.305. The summed E-state index contributed by atoms with van der Waals surface area (Å²) in [4.78, 5) is 10.9. The molecular weight excluding hydrogens is 296 g/mol. The van der Waals surface area contributed by atoms with Crippen molar-refractivity contribution in [3.8, 4) is 0 Å². The van der Waals surface area contributed by atoms with Crippen LogP contribution in [0.2, 0.25) is 18.1 Å². The second-order valence-corrected chi connectivity index (χ2v) is 11.8. The van der Waals surface area contributed by atoms with E-state index >= 15 is 0 Å². The van der Waals surface area contributed by atoms with Crippen molar-refractivity contribution in [2.75, 3.05) is 13.1 Å². The minimum absolute atomic E-state index is 0. The number of carbonyl (C=O) groups is 1. The number of carboxylic acid groups (broad SMARTS) is 1. The predicted octanol–water partition coefficient (Wildman–Crippen LogP) is 2.67. The van der Waals surface area contributed by atoms with E-state index in [1.54, 1.807) is 0 Å². The molecule has 1 rings (SSSR count). The Bertz CT molecular complexity index is 334. The van der Waals surface area contributed by atoms with Gasteiger partial charge >= 0.3 is 6.09 Å². The van der Waals surface area contributed by atoms with Crippen molar-refractivity contribution in [2.45, 2.75) is 58.0 Å². The molecule has 0 bridgehead atoms. The summed E-state index contributed by atoms with van der Waals surface area (Å²) < 4.78 is 6.44. The van der Waals surface area contributed by atoms with Crippen LogP contribution >= 0.6 is 12.4 Å². The SMILES string of the molecule is C[C@H]1CNC[C@@H](NC(=O)O)[C@@H]1O[Si](C)(C)C(C)(C)C.Cl. The van der Waals surface area contributed by atoms with Crippen molar-refractivity contribution in [1.29, 1.82) is 0 Å². The van der Waals surface area contributed by atoms with Crippen LogP contribution < -0.4 is 10.6 Å². The summed E-state index contributed by atoms with van der Waals surface area (Å²) in [7, 11) is -1.89. The highest BCUT2D eigenvalue weighted by atomic mass is 35.5. The van der Waals surface area contributed by atoms with Gasteiger partial charge in [-0.25, -0.2) is 4.79 Å². The molecule has 120 valence electrons. The Hall–Kier alpha value is -0.303. The maximum Gasteiger partial charge on any atom is 0.405 e. The first-order valence-electron chi connectivity index (χ1n) is 6.92. The Balaban J connectivity index is 0.00000361. The maximum absolute atomic E-state index is 10.9. The first-order chi connectivity index (χ1) is 8.54. The number of amides is 1. The fraction of sp³-hybridized carbons (Fsp3) is 0.923. The van der Waals surface area contributed by atoms with E-state index in [1.807, 2.05) is 0 Å². The van der Waals surface area contributed by atoms with Crippen molar-refractivity contribution in [2.24, 2.45) is 5.92 Å². The maximum atomic E-state index is 10.9. The van der Waals surface area contributed by atoms with Crippen LogP contribution in [0.15, 0.2) is 0 Å². The van der Waals surface area contributed by atoms with Crippen LogP contribution in [0.5, 0.6) is 0 Å². The summed E-state index contributed by atoms with van der Waals surface area (Å²) in [5, 5.41) is 14.9. The summed E-state index contributed by atoms with van der Waals surface area (Å²) >= 11 is 0. The summed E-state index contributed by atoms with van der Waals surface area (Å²) in [6, 6.07) is -0.171. The van der Waals surface area contributed by atoms with Crippen LogP contribution in [0.25, 0.3) is 0 Å². The fourth-order valence-corrected chi connectivity index (χ4v) is 3.53. The number of rotatable bonds is 3. The smallest absolute Gasteiger partial charge is 0.405 e. The molecular formula is C13H29ClN2O3Si.